The van der Waals surface area contributed by atoms with E-state index in [0.717, 1.165) is 11.3 Å². The SMILES string of the molecule is CCCNC(=O)C(C)OC(=O)c1cc(-c2cccs2)nc2ccccc12. The van der Waals surface area contributed by atoms with Gasteiger partial charge in [0.05, 0.1) is 21.7 Å². The lowest BCUT2D eigenvalue weighted by Gasteiger charge is -2.14. The highest BCUT2D eigenvalue weighted by Gasteiger charge is 2.21. The Morgan fingerprint density at radius 3 is 2.77 bits per heavy atom. The average Bonchev–Trinajstić information content (AvgIpc) is 3.19. The summed E-state index contributed by atoms with van der Waals surface area (Å²) in [5, 5.41) is 5.40. The zero-order valence-corrected chi connectivity index (χ0v) is 15.5. The number of thiophene rings is 1. The Hall–Kier alpha value is -2.73. The van der Waals surface area contributed by atoms with Crippen LogP contribution in [0.2, 0.25) is 0 Å². The molecule has 0 aliphatic carbocycles. The number of ether oxygens (including phenoxy) is 1. The normalized spacial score (nSPS) is 11.9. The van der Waals surface area contributed by atoms with Gasteiger partial charge in [-0.3, -0.25) is 4.79 Å². The smallest absolute Gasteiger partial charge is 0.339 e. The summed E-state index contributed by atoms with van der Waals surface area (Å²) in [7, 11) is 0. The van der Waals surface area contributed by atoms with E-state index in [-0.39, 0.29) is 5.91 Å². The molecule has 2 heterocycles. The number of hydrogen-bond acceptors (Lipinski definition) is 5. The van der Waals surface area contributed by atoms with Gasteiger partial charge in [0.25, 0.3) is 5.91 Å². The summed E-state index contributed by atoms with van der Waals surface area (Å²) in [5.41, 5.74) is 1.84. The lowest BCUT2D eigenvalue weighted by atomic mass is 10.1. The van der Waals surface area contributed by atoms with Gasteiger partial charge in [-0.05, 0) is 36.9 Å². The topological polar surface area (TPSA) is 68.3 Å². The highest BCUT2D eigenvalue weighted by Crippen LogP contribution is 2.28. The van der Waals surface area contributed by atoms with Crippen LogP contribution >= 0.6 is 11.3 Å². The highest BCUT2D eigenvalue weighted by molar-refractivity contribution is 7.13. The maximum absolute atomic E-state index is 12.7. The molecule has 3 rings (SSSR count). The molecule has 1 aromatic carbocycles. The van der Waals surface area contributed by atoms with Gasteiger partial charge in [0.1, 0.15) is 0 Å². The van der Waals surface area contributed by atoms with Crippen molar-refractivity contribution in [1.29, 1.82) is 0 Å². The van der Waals surface area contributed by atoms with Crippen LogP contribution in [-0.2, 0) is 9.53 Å². The number of hydrogen-bond donors (Lipinski definition) is 1. The third kappa shape index (κ3) is 3.91. The minimum absolute atomic E-state index is 0.294. The maximum Gasteiger partial charge on any atom is 0.339 e. The second-order valence-corrected chi connectivity index (χ2v) is 6.84. The molecule has 0 spiro atoms. The summed E-state index contributed by atoms with van der Waals surface area (Å²) < 4.78 is 5.40. The fraction of sp³-hybridized carbons (Fsp3) is 0.250. The van der Waals surface area contributed by atoms with E-state index in [1.54, 1.807) is 24.3 Å². The second kappa shape index (κ2) is 8.10. The number of fused-ring (bicyclic) bond motifs is 1. The molecule has 26 heavy (non-hydrogen) atoms. The van der Waals surface area contributed by atoms with Crippen LogP contribution in [0.4, 0.5) is 0 Å². The molecule has 1 amide bonds. The van der Waals surface area contributed by atoms with Crippen LogP contribution in [0.5, 0.6) is 0 Å². The average molecular weight is 368 g/mol. The third-order valence-corrected chi connectivity index (χ3v) is 4.80. The van der Waals surface area contributed by atoms with Crippen LogP contribution in [0.15, 0.2) is 47.8 Å². The molecule has 0 bridgehead atoms. The van der Waals surface area contributed by atoms with Gasteiger partial charge in [-0.15, -0.1) is 11.3 Å². The highest BCUT2D eigenvalue weighted by atomic mass is 32.1. The van der Waals surface area contributed by atoms with E-state index in [0.29, 0.717) is 28.7 Å². The molecular weight excluding hydrogens is 348 g/mol. The molecule has 134 valence electrons. The molecule has 2 aromatic heterocycles. The number of aromatic nitrogens is 1. The Kier molecular flexibility index (Phi) is 5.63. The summed E-state index contributed by atoms with van der Waals surface area (Å²) in [6.07, 6.45) is -0.0304. The minimum Gasteiger partial charge on any atom is -0.449 e. The monoisotopic (exact) mass is 368 g/mol. The number of nitrogens with zero attached hydrogens (tertiary/aromatic N) is 1. The zero-order chi connectivity index (χ0) is 18.5. The fourth-order valence-corrected chi connectivity index (χ4v) is 3.25. The van der Waals surface area contributed by atoms with E-state index < -0.39 is 12.1 Å². The summed E-state index contributed by atoms with van der Waals surface area (Å²) in [6, 6.07) is 13.0. The first-order valence-electron chi connectivity index (χ1n) is 8.52. The van der Waals surface area contributed by atoms with E-state index in [1.165, 1.54) is 0 Å². The first-order valence-corrected chi connectivity index (χ1v) is 9.40. The van der Waals surface area contributed by atoms with Crippen molar-refractivity contribution in [3.05, 3.63) is 53.4 Å². The summed E-state index contributed by atoms with van der Waals surface area (Å²) in [4.78, 5) is 30.3. The molecule has 1 N–H and O–H groups in total. The van der Waals surface area contributed by atoms with Crippen molar-refractivity contribution < 1.29 is 14.3 Å². The Labute approximate surface area is 156 Å². The minimum atomic E-state index is -0.855. The van der Waals surface area contributed by atoms with Gasteiger partial charge in [-0.25, -0.2) is 9.78 Å². The molecule has 6 heteroatoms. The van der Waals surface area contributed by atoms with E-state index in [4.69, 9.17) is 4.74 Å². The lowest BCUT2D eigenvalue weighted by molar-refractivity contribution is -0.129. The van der Waals surface area contributed by atoms with Crippen molar-refractivity contribution in [3.63, 3.8) is 0 Å². The Morgan fingerprint density at radius 2 is 2.04 bits per heavy atom. The predicted octanol–water partition coefficient (Wildman–Crippen LogP) is 4.03. The molecule has 0 fully saturated rings. The van der Waals surface area contributed by atoms with Crippen LogP contribution < -0.4 is 5.32 Å². The van der Waals surface area contributed by atoms with Crippen LogP contribution in [-0.4, -0.2) is 29.5 Å². The zero-order valence-electron chi connectivity index (χ0n) is 14.7. The van der Waals surface area contributed by atoms with Gasteiger partial charge in [0, 0.05) is 11.9 Å². The molecule has 0 saturated carbocycles. The van der Waals surface area contributed by atoms with E-state index in [1.807, 2.05) is 48.7 Å². The molecule has 0 aliphatic heterocycles. The molecule has 0 saturated heterocycles. The second-order valence-electron chi connectivity index (χ2n) is 5.89. The first kappa shape index (κ1) is 18.1. The number of para-hydroxylation sites is 1. The van der Waals surface area contributed by atoms with Crippen molar-refractivity contribution in [1.82, 2.24) is 10.3 Å². The molecule has 0 radical (unpaired) electrons. The predicted molar refractivity (Wildman–Crippen MR) is 103 cm³/mol. The van der Waals surface area contributed by atoms with Crippen LogP contribution in [0.25, 0.3) is 21.5 Å². The quantitative estimate of drug-likeness (QED) is 0.667. The Bertz CT molecular complexity index is 922. The number of nitrogens with one attached hydrogen (secondary N) is 1. The summed E-state index contributed by atoms with van der Waals surface area (Å²) >= 11 is 1.55. The first-order chi connectivity index (χ1) is 12.6. The molecule has 0 aliphatic rings. The van der Waals surface area contributed by atoms with E-state index in [2.05, 4.69) is 10.3 Å². The van der Waals surface area contributed by atoms with E-state index >= 15 is 0 Å². The largest absolute Gasteiger partial charge is 0.449 e. The number of carbonyl (C=O) groups excluding carboxylic acids is 2. The van der Waals surface area contributed by atoms with Gasteiger partial charge >= 0.3 is 5.97 Å². The van der Waals surface area contributed by atoms with E-state index in [9.17, 15) is 9.59 Å². The van der Waals surface area contributed by atoms with Gasteiger partial charge < -0.3 is 10.1 Å². The molecule has 5 nitrogen and oxygen atoms in total. The summed E-state index contributed by atoms with van der Waals surface area (Å²) in [6.45, 7) is 4.10. The molecule has 1 atom stereocenters. The number of amides is 1. The standard InChI is InChI=1S/C20H20N2O3S/c1-3-10-21-19(23)13(2)25-20(24)15-12-17(18-9-6-11-26-18)22-16-8-5-4-7-14(15)16/h4-9,11-13H,3,10H2,1-2H3,(H,21,23). The van der Waals surface area contributed by atoms with Crippen molar-refractivity contribution in [2.24, 2.45) is 0 Å². The Balaban J connectivity index is 1.93. The fourth-order valence-electron chi connectivity index (χ4n) is 2.56. The van der Waals surface area contributed by atoms with Crippen LogP contribution in [0, 0.1) is 0 Å². The van der Waals surface area contributed by atoms with Gasteiger partial charge in [-0.1, -0.05) is 31.2 Å². The Morgan fingerprint density at radius 1 is 1.23 bits per heavy atom. The van der Waals surface area contributed by atoms with Gasteiger partial charge in [0.2, 0.25) is 0 Å². The number of pyridine rings is 1. The van der Waals surface area contributed by atoms with Crippen molar-refractivity contribution in [3.8, 4) is 10.6 Å². The van der Waals surface area contributed by atoms with Crippen molar-refractivity contribution in [2.45, 2.75) is 26.4 Å². The molecule has 1 unspecified atom stereocenters. The number of benzene rings is 1. The maximum atomic E-state index is 12.7. The molecular formula is C20H20N2O3S. The van der Waals surface area contributed by atoms with Crippen LogP contribution in [0.3, 0.4) is 0 Å². The molecule has 3 aromatic rings. The van der Waals surface area contributed by atoms with Crippen LogP contribution in [0.1, 0.15) is 30.6 Å². The number of carbonyl (C=O) groups is 2. The summed E-state index contributed by atoms with van der Waals surface area (Å²) in [5.74, 6) is -0.822. The van der Waals surface area contributed by atoms with Gasteiger partial charge in [-0.2, -0.15) is 0 Å². The van der Waals surface area contributed by atoms with Crippen molar-refractivity contribution >= 4 is 34.1 Å². The lowest BCUT2D eigenvalue weighted by Crippen LogP contribution is -2.36. The third-order valence-electron chi connectivity index (χ3n) is 3.91. The van der Waals surface area contributed by atoms with Crippen molar-refractivity contribution in [2.75, 3.05) is 6.54 Å². The number of esters is 1. The van der Waals surface area contributed by atoms with Gasteiger partial charge in [0.15, 0.2) is 6.10 Å². The number of rotatable bonds is 6.